The van der Waals surface area contributed by atoms with E-state index in [1.165, 1.54) is 18.2 Å². The Hall–Kier alpha value is -0.620. The van der Waals surface area contributed by atoms with Gasteiger partial charge in [-0.05, 0) is 35.6 Å². The Morgan fingerprint density at radius 2 is 1.95 bits per heavy atom. The molecule has 0 aliphatic carbocycles. The van der Waals surface area contributed by atoms with E-state index in [9.17, 15) is 8.42 Å². The summed E-state index contributed by atoms with van der Waals surface area (Å²) in [6.07, 6.45) is 0.743. The van der Waals surface area contributed by atoms with Gasteiger partial charge >= 0.3 is 0 Å². The first-order chi connectivity index (χ1) is 8.65. The maximum atomic E-state index is 12.1. The van der Waals surface area contributed by atoms with E-state index in [4.69, 9.17) is 16.7 Å². The summed E-state index contributed by atoms with van der Waals surface area (Å²) in [5, 5.41) is 9.45. The highest BCUT2D eigenvalue weighted by Gasteiger charge is 2.17. The van der Waals surface area contributed by atoms with Gasteiger partial charge in [-0.1, -0.05) is 32.4 Å². The number of aliphatic hydroxyl groups excluding tert-OH is 1. The Bertz CT molecular complexity index is 535. The average molecular weight is 306 g/mol. The van der Waals surface area contributed by atoms with E-state index < -0.39 is 10.0 Å². The summed E-state index contributed by atoms with van der Waals surface area (Å²) in [4.78, 5) is 0.120. The molecular weight excluding hydrogens is 286 g/mol. The fourth-order valence-corrected chi connectivity index (χ4v) is 2.74. The van der Waals surface area contributed by atoms with Gasteiger partial charge in [0.15, 0.2) is 0 Å². The summed E-state index contributed by atoms with van der Waals surface area (Å²) in [5.74, 6) is 0. The van der Waals surface area contributed by atoms with E-state index in [-0.39, 0.29) is 16.9 Å². The zero-order valence-corrected chi connectivity index (χ0v) is 13.0. The van der Waals surface area contributed by atoms with Gasteiger partial charge in [-0.15, -0.1) is 0 Å². The van der Waals surface area contributed by atoms with Crippen LogP contribution in [0.3, 0.4) is 0 Å². The maximum absolute atomic E-state index is 12.1. The summed E-state index contributed by atoms with van der Waals surface area (Å²) >= 11 is 5.84. The minimum Gasteiger partial charge on any atom is -0.392 e. The first-order valence-electron chi connectivity index (χ1n) is 6.05. The Morgan fingerprint density at radius 1 is 1.32 bits per heavy atom. The molecule has 0 radical (unpaired) electrons. The molecule has 0 aliphatic heterocycles. The van der Waals surface area contributed by atoms with E-state index in [1.807, 2.05) is 20.8 Å². The Balaban J connectivity index is 2.83. The van der Waals surface area contributed by atoms with Crippen molar-refractivity contribution in [3.63, 3.8) is 0 Å². The molecule has 0 amide bonds. The number of rotatable bonds is 5. The third kappa shape index (κ3) is 5.10. The molecule has 0 fully saturated rings. The van der Waals surface area contributed by atoms with Gasteiger partial charge in [0.25, 0.3) is 0 Å². The smallest absolute Gasteiger partial charge is 0.240 e. The second-order valence-electron chi connectivity index (χ2n) is 5.62. The van der Waals surface area contributed by atoms with Gasteiger partial charge in [0.1, 0.15) is 0 Å². The molecule has 108 valence electrons. The standard InChI is InChI=1S/C13H20ClNO3S/c1-13(2,3)6-7-15-19(17,18)11-4-5-12(14)10(8-11)9-16/h4-5,8,15-16H,6-7,9H2,1-3H3. The highest BCUT2D eigenvalue weighted by atomic mass is 35.5. The molecule has 0 bridgehead atoms. The van der Waals surface area contributed by atoms with Gasteiger partial charge in [0.05, 0.1) is 11.5 Å². The van der Waals surface area contributed by atoms with Crippen LogP contribution in [0.2, 0.25) is 5.02 Å². The molecule has 0 aromatic heterocycles. The maximum Gasteiger partial charge on any atom is 0.240 e. The van der Waals surface area contributed by atoms with E-state index in [2.05, 4.69) is 4.72 Å². The Kier molecular flexibility index (Phi) is 5.38. The lowest BCUT2D eigenvalue weighted by molar-refractivity contribution is 0.281. The molecule has 1 aromatic rings. The number of benzene rings is 1. The monoisotopic (exact) mass is 305 g/mol. The molecule has 2 N–H and O–H groups in total. The van der Waals surface area contributed by atoms with Crippen LogP contribution in [0, 0.1) is 5.41 Å². The number of hydrogen-bond donors (Lipinski definition) is 2. The van der Waals surface area contributed by atoms with Crippen LogP contribution < -0.4 is 4.72 Å². The van der Waals surface area contributed by atoms with Gasteiger partial charge in [-0.3, -0.25) is 0 Å². The number of aliphatic hydroxyl groups is 1. The van der Waals surface area contributed by atoms with Crippen molar-refractivity contribution in [3.8, 4) is 0 Å². The minimum atomic E-state index is -3.55. The molecule has 0 saturated carbocycles. The fraction of sp³-hybridized carbons (Fsp3) is 0.538. The van der Waals surface area contributed by atoms with Crippen LogP contribution in [-0.2, 0) is 16.6 Å². The number of sulfonamides is 1. The predicted octanol–water partition coefficient (Wildman–Crippen LogP) is 2.55. The lowest BCUT2D eigenvalue weighted by Crippen LogP contribution is -2.27. The third-order valence-electron chi connectivity index (χ3n) is 2.66. The second-order valence-corrected chi connectivity index (χ2v) is 7.79. The van der Waals surface area contributed by atoms with Crippen molar-refractivity contribution in [3.05, 3.63) is 28.8 Å². The first-order valence-corrected chi connectivity index (χ1v) is 7.91. The molecule has 0 aliphatic rings. The molecule has 0 unspecified atom stereocenters. The van der Waals surface area contributed by atoms with Gasteiger partial charge in [0, 0.05) is 11.6 Å². The van der Waals surface area contributed by atoms with E-state index >= 15 is 0 Å². The van der Waals surface area contributed by atoms with E-state index in [1.54, 1.807) is 0 Å². The van der Waals surface area contributed by atoms with Crippen LogP contribution in [0.4, 0.5) is 0 Å². The largest absolute Gasteiger partial charge is 0.392 e. The van der Waals surface area contributed by atoms with Crippen molar-refractivity contribution in [2.75, 3.05) is 6.54 Å². The molecule has 1 aromatic carbocycles. The summed E-state index contributed by atoms with van der Waals surface area (Å²) < 4.78 is 26.7. The van der Waals surface area contributed by atoms with E-state index in [0.717, 1.165) is 6.42 Å². The van der Waals surface area contributed by atoms with Gasteiger partial charge in [-0.2, -0.15) is 0 Å². The molecule has 0 saturated heterocycles. The minimum absolute atomic E-state index is 0.0682. The zero-order chi connectivity index (χ0) is 14.7. The molecule has 0 spiro atoms. The highest BCUT2D eigenvalue weighted by molar-refractivity contribution is 7.89. The Labute approximate surface area is 119 Å². The Morgan fingerprint density at radius 3 is 2.47 bits per heavy atom. The average Bonchev–Trinajstić information content (AvgIpc) is 2.27. The molecular formula is C13H20ClNO3S. The fourth-order valence-electron chi connectivity index (χ4n) is 1.48. The first kappa shape index (κ1) is 16.4. The van der Waals surface area contributed by atoms with Crippen molar-refractivity contribution < 1.29 is 13.5 Å². The van der Waals surface area contributed by atoms with Gasteiger partial charge < -0.3 is 5.11 Å². The zero-order valence-electron chi connectivity index (χ0n) is 11.4. The molecule has 1 rings (SSSR count). The van der Waals surface area contributed by atoms with Crippen LogP contribution in [0.1, 0.15) is 32.8 Å². The SMILES string of the molecule is CC(C)(C)CCNS(=O)(=O)c1ccc(Cl)c(CO)c1. The van der Waals surface area contributed by atoms with Crippen molar-refractivity contribution >= 4 is 21.6 Å². The lowest BCUT2D eigenvalue weighted by atomic mass is 9.93. The normalized spacial score (nSPS) is 12.7. The molecule has 0 atom stereocenters. The van der Waals surface area contributed by atoms with Crippen LogP contribution >= 0.6 is 11.6 Å². The summed E-state index contributed by atoms with van der Waals surface area (Å²) in [6.45, 7) is 6.24. The van der Waals surface area contributed by atoms with Crippen LogP contribution in [0.15, 0.2) is 23.1 Å². The third-order valence-corrected chi connectivity index (χ3v) is 4.49. The molecule has 19 heavy (non-hydrogen) atoms. The van der Waals surface area contributed by atoms with Crippen molar-refractivity contribution in [2.45, 2.75) is 38.7 Å². The number of hydrogen-bond acceptors (Lipinski definition) is 3. The number of nitrogens with one attached hydrogen (secondary N) is 1. The highest BCUT2D eigenvalue weighted by Crippen LogP contribution is 2.21. The topological polar surface area (TPSA) is 66.4 Å². The molecule has 4 nitrogen and oxygen atoms in total. The predicted molar refractivity (Wildman–Crippen MR) is 76.6 cm³/mol. The molecule has 6 heteroatoms. The van der Waals surface area contributed by atoms with Gasteiger partial charge in [-0.25, -0.2) is 13.1 Å². The van der Waals surface area contributed by atoms with Crippen LogP contribution in [-0.4, -0.2) is 20.1 Å². The number of halogens is 1. The summed E-state index contributed by atoms with van der Waals surface area (Å²) in [7, 11) is -3.55. The summed E-state index contributed by atoms with van der Waals surface area (Å²) in [6, 6.07) is 4.30. The quantitative estimate of drug-likeness (QED) is 0.878. The van der Waals surface area contributed by atoms with Crippen LogP contribution in [0.25, 0.3) is 0 Å². The second kappa shape index (κ2) is 6.22. The molecule has 0 heterocycles. The lowest BCUT2D eigenvalue weighted by Gasteiger charge is -2.18. The van der Waals surface area contributed by atoms with Gasteiger partial charge in [0.2, 0.25) is 10.0 Å². The van der Waals surface area contributed by atoms with Crippen molar-refractivity contribution in [2.24, 2.45) is 5.41 Å². The van der Waals surface area contributed by atoms with Crippen LogP contribution in [0.5, 0.6) is 0 Å². The summed E-state index contributed by atoms with van der Waals surface area (Å²) in [5.41, 5.74) is 0.471. The van der Waals surface area contributed by atoms with E-state index in [0.29, 0.717) is 17.1 Å². The van der Waals surface area contributed by atoms with Crippen molar-refractivity contribution in [1.29, 1.82) is 0 Å². The van der Waals surface area contributed by atoms with Crippen molar-refractivity contribution in [1.82, 2.24) is 4.72 Å².